The van der Waals surface area contributed by atoms with Gasteiger partial charge in [-0.25, -0.2) is 14.0 Å². The molecular weight excluding hydrogens is 397 g/mol. The number of alkyl carbamates (subject to hydrolysis) is 1. The van der Waals surface area contributed by atoms with Crippen molar-refractivity contribution in [1.29, 1.82) is 0 Å². The molecule has 0 aromatic heterocycles. The van der Waals surface area contributed by atoms with Crippen molar-refractivity contribution < 1.29 is 23.8 Å². The lowest BCUT2D eigenvalue weighted by molar-refractivity contribution is -0.139. The molecule has 0 unspecified atom stereocenters. The molecule has 1 atom stereocenters. The highest BCUT2D eigenvalue weighted by atomic mass is 19.1. The highest BCUT2D eigenvalue weighted by molar-refractivity contribution is 5.81. The third-order valence-electron chi connectivity index (χ3n) is 5.54. The van der Waals surface area contributed by atoms with E-state index < -0.39 is 18.1 Å². The molecule has 4 rings (SSSR count). The molecule has 3 aromatic carbocycles. The van der Waals surface area contributed by atoms with Gasteiger partial charge in [0, 0.05) is 5.92 Å². The molecular formula is C25H22FNO4. The van der Waals surface area contributed by atoms with Crippen LogP contribution in [-0.2, 0) is 16.0 Å². The number of carbonyl (C=O) groups is 2. The Kier molecular flexibility index (Phi) is 5.98. The predicted octanol–water partition coefficient (Wildman–Crippen LogP) is 4.75. The van der Waals surface area contributed by atoms with Gasteiger partial charge in [0.25, 0.3) is 0 Å². The van der Waals surface area contributed by atoms with E-state index in [2.05, 4.69) is 5.32 Å². The van der Waals surface area contributed by atoms with Crippen LogP contribution >= 0.6 is 0 Å². The number of aryl methyl sites for hydroxylation is 1. The summed E-state index contributed by atoms with van der Waals surface area (Å²) in [7, 11) is 0. The summed E-state index contributed by atoms with van der Waals surface area (Å²) in [6, 6.07) is 20.8. The van der Waals surface area contributed by atoms with Crippen LogP contribution in [0.2, 0.25) is 0 Å². The van der Waals surface area contributed by atoms with Gasteiger partial charge in [-0.05, 0) is 52.8 Å². The van der Waals surface area contributed by atoms with E-state index in [0.717, 1.165) is 22.3 Å². The van der Waals surface area contributed by atoms with Gasteiger partial charge in [-0.1, -0.05) is 60.7 Å². The Balaban J connectivity index is 1.38. The average Bonchev–Trinajstić information content (AvgIpc) is 3.09. The van der Waals surface area contributed by atoms with Crippen LogP contribution in [0.4, 0.5) is 9.18 Å². The van der Waals surface area contributed by atoms with Gasteiger partial charge < -0.3 is 15.2 Å². The zero-order valence-electron chi connectivity index (χ0n) is 16.8. The number of hydrogen-bond acceptors (Lipinski definition) is 3. The maximum absolute atomic E-state index is 13.3. The predicted molar refractivity (Wildman–Crippen MR) is 114 cm³/mol. The van der Waals surface area contributed by atoms with Crippen molar-refractivity contribution in [2.75, 3.05) is 6.61 Å². The highest BCUT2D eigenvalue weighted by Crippen LogP contribution is 2.44. The van der Waals surface area contributed by atoms with E-state index in [9.17, 15) is 19.1 Å². The van der Waals surface area contributed by atoms with Gasteiger partial charge >= 0.3 is 12.1 Å². The average molecular weight is 419 g/mol. The maximum atomic E-state index is 13.3. The van der Waals surface area contributed by atoms with Crippen molar-refractivity contribution in [3.8, 4) is 11.1 Å². The summed E-state index contributed by atoms with van der Waals surface area (Å²) in [4.78, 5) is 23.9. The molecule has 1 aliphatic carbocycles. The molecule has 3 aromatic rings. The van der Waals surface area contributed by atoms with Crippen LogP contribution in [0, 0.1) is 5.82 Å². The van der Waals surface area contributed by atoms with Gasteiger partial charge in [0.05, 0.1) is 0 Å². The molecule has 0 bridgehead atoms. The Morgan fingerprint density at radius 3 is 2.23 bits per heavy atom. The third-order valence-corrected chi connectivity index (χ3v) is 5.54. The van der Waals surface area contributed by atoms with E-state index in [0.29, 0.717) is 12.0 Å². The third kappa shape index (κ3) is 4.58. The summed E-state index contributed by atoms with van der Waals surface area (Å²) in [5.41, 5.74) is 5.06. The second-order valence-electron chi connectivity index (χ2n) is 7.53. The van der Waals surface area contributed by atoms with Crippen molar-refractivity contribution in [1.82, 2.24) is 5.32 Å². The molecule has 0 radical (unpaired) electrons. The fourth-order valence-corrected chi connectivity index (χ4v) is 4.04. The molecule has 5 nitrogen and oxygen atoms in total. The molecule has 1 amide bonds. The van der Waals surface area contributed by atoms with Gasteiger partial charge in [0.1, 0.15) is 18.5 Å². The highest BCUT2D eigenvalue weighted by Gasteiger charge is 2.29. The number of fused-ring (bicyclic) bond motifs is 3. The van der Waals surface area contributed by atoms with Crippen LogP contribution < -0.4 is 5.32 Å². The van der Waals surface area contributed by atoms with Crippen molar-refractivity contribution in [2.45, 2.75) is 24.8 Å². The molecule has 0 aliphatic heterocycles. The largest absolute Gasteiger partial charge is 0.480 e. The van der Waals surface area contributed by atoms with Crippen LogP contribution in [-0.4, -0.2) is 29.8 Å². The summed E-state index contributed by atoms with van der Waals surface area (Å²) >= 11 is 0. The van der Waals surface area contributed by atoms with Gasteiger partial charge in [-0.15, -0.1) is 0 Å². The minimum atomic E-state index is -1.16. The van der Waals surface area contributed by atoms with Gasteiger partial charge in [0.15, 0.2) is 0 Å². The normalized spacial score (nSPS) is 13.2. The Bertz CT molecular complexity index is 1070. The SMILES string of the molecule is O=C(N[C@H](CCc1cccc(F)c1)C(=O)O)OCC1c2ccccc2-c2ccccc21. The van der Waals surface area contributed by atoms with E-state index in [1.165, 1.54) is 12.1 Å². The van der Waals surface area contributed by atoms with Gasteiger partial charge in [-0.3, -0.25) is 0 Å². The first kappa shape index (κ1) is 20.6. The van der Waals surface area contributed by atoms with Crippen LogP contribution in [0.15, 0.2) is 72.8 Å². The molecule has 31 heavy (non-hydrogen) atoms. The number of carboxylic acids is 1. The van der Waals surface area contributed by atoms with Crippen molar-refractivity contribution in [2.24, 2.45) is 0 Å². The standard InChI is InChI=1S/C25H22FNO4/c26-17-7-5-6-16(14-17)12-13-23(24(28)29)27-25(30)31-15-22-20-10-3-1-8-18(20)19-9-2-4-11-21(19)22/h1-11,14,22-23H,12-13,15H2,(H,27,30)(H,28,29)/t23-/m1/s1. The molecule has 0 saturated carbocycles. The molecule has 158 valence electrons. The van der Waals surface area contributed by atoms with Crippen LogP contribution in [0.5, 0.6) is 0 Å². The van der Waals surface area contributed by atoms with E-state index in [4.69, 9.17) is 4.74 Å². The summed E-state index contributed by atoms with van der Waals surface area (Å²) in [6.45, 7) is 0.107. The van der Waals surface area contributed by atoms with Crippen LogP contribution in [0.25, 0.3) is 11.1 Å². The van der Waals surface area contributed by atoms with Gasteiger partial charge in [-0.2, -0.15) is 0 Å². The lowest BCUT2D eigenvalue weighted by atomic mass is 9.98. The zero-order chi connectivity index (χ0) is 21.8. The number of nitrogens with one attached hydrogen (secondary N) is 1. The molecule has 0 saturated heterocycles. The number of ether oxygens (including phenoxy) is 1. The molecule has 0 fully saturated rings. The number of halogens is 1. The fraction of sp³-hybridized carbons (Fsp3) is 0.200. The smallest absolute Gasteiger partial charge is 0.407 e. The first-order valence-electron chi connectivity index (χ1n) is 10.1. The van der Waals surface area contributed by atoms with Gasteiger partial charge in [0.2, 0.25) is 0 Å². The number of carbonyl (C=O) groups excluding carboxylic acids is 1. The Labute approximate surface area is 179 Å². The Hall–Kier alpha value is -3.67. The van der Waals surface area contributed by atoms with Crippen LogP contribution in [0.1, 0.15) is 29.0 Å². The Morgan fingerprint density at radius 1 is 0.968 bits per heavy atom. The molecule has 0 heterocycles. The Morgan fingerprint density at radius 2 is 1.61 bits per heavy atom. The number of amides is 1. The number of carboxylic acid groups (broad SMARTS) is 1. The summed E-state index contributed by atoms with van der Waals surface area (Å²) in [5.74, 6) is -1.65. The van der Waals surface area contributed by atoms with E-state index >= 15 is 0 Å². The van der Waals surface area contributed by atoms with Crippen molar-refractivity contribution in [3.63, 3.8) is 0 Å². The number of aliphatic carboxylic acids is 1. The van der Waals surface area contributed by atoms with Crippen molar-refractivity contribution in [3.05, 3.63) is 95.3 Å². The van der Waals surface area contributed by atoms with E-state index in [1.807, 2.05) is 48.5 Å². The maximum Gasteiger partial charge on any atom is 0.407 e. The van der Waals surface area contributed by atoms with Crippen molar-refractivity contribution >= 4 is 12.1 Å². The van der Waals surface area contributed by atoms with E-state index in [-0.39, 0.29) is 24.8 Å². The lowest BCUT2D eigenvalue weighted by Crippen LogP contribution is -2.41. The first-order chi connectivity index (χ1) is 15.0. The first-order valence-corrected chi connectivity index (χ1v) is 10.1. The minimum Gasteiger partial charge on any atom is -0.480 e. The number of benzene rings is 3. The number of hydrogen-bond donors (Lipinski definition) is 2. The summed E-state index contributed by atoms with van der Waals surface area (Å²) in [6.07, 6.45) is -0.338. The minimum absolute atomic E-state index is 0.103. The second-order valence-corrected chi connectivity index (χ2v) is 7.53. The lowest BCUT2D eigenvalue weighted by Gasteiger charge is -2.17. The second kappa shape index (κ2) is 9.00. The monoisotopic (exact) mass is 419 g/mol. The topological polar surface area (TPSA) is 75.6 Å². The molecule has 2 N–H and O–H groups in total. The fourth-order valence-electron chi connectivity index (χ4n) is 4.04. The molecule has 6 heteroatoms. The molecule has 1 aliphatic rings. The number of rotatable bonds is 7. The quantitative estimate of drug-likeness (QED) is 0.580. The van der Waals surface area contributed by atoms with Crippen LogP contribution in [0.3, 0.4) is 0 Å². The summed E-state index contributed by atoms with van der Waals surface area (Å²) < 4.78 is 18.7. The zero-order valence-corrected chi connectivity index (χ0v) is 16.8. The molecule has 0 spiro atoms. The van der Waals surface area contributed by atoms with E-state index in [1.54, 1.807) is 12.1 Å². The summed E-state index contributed by atoms with van der Waals surface area (Å²) in [5, 5.41) is 11.9.